The minimum atomic E-state index is -2.92. The van der Waals surface area contributed by atoms with Crippen LogP contribution in [0.5, 0.6) is 0 Å². The summed E-state index contributed by atoms with van der Waals surface area (Å²) in [6.45, 7) is 2.50. The maximum Gasteiger partial charge on any atom is 0.500 e. The number of rotatable bonds is 21. The van der Waals surface area contributed by atoms with Crippen LogP contribution in [0.2, 0.25) is 18.1 Å². The standard InChI is InChI=1S/C15H36O5S6Si2/c21-7-1-13-27(16-2-8-22,17-3-9-23)14-15-28(18-4-10-24,19-5-11-25)20-6-12-26/h21-26H,1-15H2. The fourth-order valence-electron chi connectivity index (χ4n) is 2.56. The van der Waals surface area contributed by atoms with E-state index in [9.17, 15) is 0 Å². The summed E-state index contributed by atoms with van der Waals surface area (Å²) >= 11 is 25.8. The third-order valence-corrected chi connectivity index (χ3v) is 11.8. The van der Waals surface area contributed by atoms with Crippen LogP contribution in [0.4, 0.5) is 0 Å². The van der Waals surface area contributed by atoms with Gasteiger partial charge < -0.3 is 22.1 Å². The molecular formula is C15H36O5S6Si2. The molecule has 0 aliphatic heterocycles. The molecule has 0 aromatic rings. The van der Waals surface area contributed by atoms with E-state index in [0.29, 0.717) is 67.8 Å². The topological polar surface area (TPSA) is 46.2 Å². The molecular weight excluding hydrogens is 509 g/mol. The first kappa shape index (κ1) is 30.3. The zero-order valence-corrected chi connectivity index (χ0v) is 23.7. The molecule has 0 spiro atoms. The van der Waals surface area contributed by atoms with Crippen molar-refractivity contribution < 1.29 is 22.1 Å². The van der Waals surface area contributed by atoms with Crippen molar-refractivity contribution >= 4 is 93.1 Å². The average molecular weight is 545 g/mol. The van der Waals surface area contributed by atoms with Gasteiger partial charge in [0.25, 0.3) is 0 Å². The second kappa shape index (κ2) is 20.0. The number of hydrogen-bond donors (Lipinski definition) is 6. The Labute approximate surface area is 206 Å². The first-order valence-electron chi connectivity index (χ1n) is 9.42. The van der Waals surface area contributed by atoms with Gasteiger partial charge in [-0.05, 0) is 24.3 Å². The van der Waals surface area contributed by atoms with E-state index in [-0.39, 0.29) is 0 Å². The summed E-state index contributed by atoms with van der Waals surface area (Å²) in [4.78, 5) is 0. The van der Waals surface area contributed by atoms with Crippen molar-refractivity contribution in [2.45, 2.75) is 24.6 Å². The zero-order valence-electron chi connectivity index (χ0n) is 16.3. The highest BCUT2D eigenvalue weighted by molar-refractivity contribution is 7.81. The SMILES string of the molecule is SCCC[Si](CC[Si](OCCS)(OCCS)OCCS)(OCCS)OCCS. The molecule has 0 saturated heterocycles. The summed E-state index contributed by atoms with van der Waals surface area (Å²) in [5, 5.41) is 0. The Hall–Kier alpha value is 2.33. The lowest BCUT2D eigenvalue weighted by Crippen LogP contribution is -2.51. The molecule has 5 nitrogen and oxygen atoms in total. The minimum absolute atomic E-state index is 0.467. The van der Waals surface area contributed by atoms with E-state index in [0.717, 1.165) is 24.3 Å². The predicted octanol–water partition coefficient (Wildman–Crippen LogP) is 3.42. The fraction of sp³-hybridized carbons (Fsp3) is 1.00. The van der Waals surface area contributed by atoms with Crippen molar-refractivity contribution in [1.82, 2.24) is 0 Å². The maximum atomic E-state index is 6.27. The number of thiol groups is 6. The van der Waals surface area contributed by atoms with Crippen LogP contribution in [-0.4, -0.2) is 84.9 Å². The molecule has 170 valence electrons. The summed E-state index contributed by atoms with van der Waals surface area (Å²) in [5.41, 5.74) is 0. The molecule has 0 atom stereocenters. The van der Waals surface area contributed by atoms with E-state index >= 15 is 0 Å². The Morgan fingerprint density at radius 3 is 1.18 bits per heavy atom. The van der Waals surface area contributed by atoms with E-state index in [1.807, 2.05) is 0 Å². The van der Waals surface area contributed by atoms with Gasteiger partial charge in [-0.25, -0.2) is 0 Å². The van der Waals surface area contributed by atoms with Crippen LogP contribution in [0.25, 0.3) is 0 Å². The molecule has 0 aromatic carbocycles. The fourth-order valence-corrected chi connectivity index (χ4v) is 11.6. The van der Waals surface area contributed by atoms with Crippen molar-refractivity contribution in [1.29, 1.82) is 0 Å². The van der Waals surface area contributed by atoms with Gasteiger partial charge in [0.2, 0.25) is 0 Å². The molecule has 0 aliphatic rings. The molecule has 0 fully saturated rings. The number of hydrogen-bond acceptors (Lipinski definition) is 11. The molecule has 0 bridgehead atoms. The molecule has 0 rings (SSSR count). The van der Waals surface area contributed by atoms with Gasteiger partial charge in [0.1, 0.15) is 0 Å². The van der Waals surface area contributed by atoms with E-state index in [4.69, 9.17) is 22.1 Å². The maximum absolute atomic E-state index is 6.27. The quantitative estimate of drug-likeness (QED) is 0.0988. The van der Waals surface area contributed by atoms with E-state index in [1.54, 1.807) is 0 Å². The van der Waals surface area contributed by atoms with E-state index in [1.165, 1.54) is 0 Å². The van der Waals surface area contributed by atoms with Crippen molar-refractivity contribution in [3.63, 3.8) is 0 Å². The van der Waals surface area contributed by atoms with Crippen molar-refractivity contribution in [2.75, 3.05) is 67.6 Å². The van der Waals surface area contributed by atoms with Crippen molar-refractivity contribution in [2.24, 2.45) is 0 Å². The van der Waals surface area contributed by atoms with Gasteiger partial charge in [0, 0.05) is 67.8 Å². The Bertz CT molecular complexity index is 287. The molecule has 0 N–H and O–H groups in total. The Morgan fingerprint density at radius 2 is 0.821 bits per heavy atom. The van der Waals surface area contributed by atoms with Crippen molar-refractivity contribution in [3.05, 3.63) is 0 Å². The first-order valence-corrected chi connectivity index (χ1v) is 17.4. The second-order valence-corrected chi connectivity index (χ2v) is 14.6. The minimum Gasteiger partial charge on any atom is -0.393 e. The van der Waals surface area contributed by atoms with E-state index in [2.05, 4.69) is 75.8 Å². The Morgan fingerprint density at radius 1 is 0.429 bits per heavy atom. The van der Waals surface area contributed by atoms with Crippen LogP contribution < -0.4 is 0 Å². The largest absolute Gasteiger partial charge is 0.500 e. The highest BCUT2D eigenvalue weighted by atomic mass is 32.1. The normalized spacial score (nSPS) is 12.6. The molecule has 0 aromatic heterocycles. The van der Waals surface area contributed by atoms with Crippen LogP contribution in [-0.2, 0) is 22.1 Å². The molecule has 13 heteroatoms. The molecule has 0 aliphatic carbocycles. The summed E-state index contributed by atoms with van der Waals surface area (Å²) in [5.74, 6) is 3.86. The molecule has 0 radical (unpaired) electrons. The van der Waals surface area contributed by atoms with E-state index < -0.39 is 17.4 Å². The van der Waals surface area contributed by atoms with Crippen LogP contribution in [0.1, 0.15) is 6.42 Å². The van der Waals surface area contributed by atoms with Gasteiger partial charge in [0.15, 0.2) is 0 Å². The lowest BCUT2D eigenvalue weighted by molar-refractivity contribution is 0.0737. The summed E-state index contributed by atoms with van der Waals surface area (Å²) in [7, 11) is -5.41. The molecule has 0 heterocycles. The summed E-state index contributed by atoms with van der Waals surface area (Å²) < 4.78 is 30.9. The lowest BCUT2D eigenvalue weighted by Gasteiger charge is -2.35. The van der Waals surface area contributed by atoms with Crippen LogP contribution in [0.3, 0.4) is 0 Å². The second-order valence-electron chi connectivity index (χ2n) is 5.78. The molecule has 0 saturated carbocycles. The lowest BCUT2D eigenvalue weighted by atomic mass is 10.6. The van der Waals surface area contributed by atoms with Crippen LogP contribution in [0, 0.1) is 0 Å². The van der Waals surface area contributed by atoms with Gasteiger partial charge in [-0.2, -0.15) is 75.8 Å². The van der Waals surface area contributed by atoms with Crippen LogP contribution in [0.15, 0.2) is 0 Å². The Balaban J connectivity index is 5.42. The van der Waals surface area contributed by atoms with Gasteiger partial charge in [-0.15, -0.1) is 0 Å². The predicted molar refractivity (Wildman–Crippen MR) is 143 cm³/mol. The van der Waals surface area contributed by atoms with Crippen molar-refractivity contribution in [3.8, 4) is 0 Å². The average Bonchev–Trinajstić information content (AvgIpc) is 2.73. The highest BCUT2D eigenvalue weighted by Crippen LogP contribution is 2.29. The summed E-state index contributed by atoms with van der Waals surface area (Å²) in [6, 6.07) is 2.20. The third kappa shape index (κ3) is 13.7. The molecule has 0 unspecified atom stereocenters. The zero-order chi connectivity index (χ0) is 21.1. The van der Waals surface area contributed by atoms with Gasteiger partial charge in [0.05, 0.1) is 0 Å². The third-order valence-electron chi connectivity index (χ3n) is 3.68. The summed E-state index contributed by atoms with van der Waals surface area (Å²) in [6.07, 6.45) is 0.926. The van der Waals surface area contributed by atoms with Crippen LogP contribution >= 0.6 is 75.8 Å². The van der Waals surface area contributed by atoms with Gasteiger partial charge >= 0.3 is 17.4 Å². The Kier molecular flexibility index (Phi) is 21.6. The van der Waals surface area contributed by atoms with Gasteiger partial charge in [-0.1, -0.05) is 0 Å². The molecule has 0 amide bonds. The smallest absolute Gasteiger partial charge is 0.393 e. The molecule has 28 heavy (non-hydrogen) atoms. The first-order chi connectivity index (χ1) is 13.6. The highest BCUT2D eigenvalue weighted by Gasteiger charge is 2.46. The monoisotopic (exact) mass is 544 g/mol. The van der Waals surface area contributed by atoms with Gasteiger partial charge in [-0.3, -0.25) is 0 Å².